The second-order valence-electron chi connectivity index (χ2n) is 6.23. The largest absolute Gasteiger partial charge is 0.494 e. The lowest BCUT2D eigenvalue weighted by molar-refractivity contribution is 0.317. The van der Waals surface area contributed by atoms with Gasteiger partial charge in [-0.2, -0.15) is 0 Å². The van der Waals surface area contributed by atoms with Crippen molar-refractivity contribution >= 4 is 43.2 Å². The van der Waals surface area contributed by atoms with Gasteiger partial charge in [0, 0.05) is 23.1 Å². The van der Waals surface area contributed by atoms with Gasteiger partial charge >= 0.3 is 0 Å². The van der Waals surface area contributed by atoms with E-state index in [1.54, 1.807) is 36.9 Å². The molecule has 0 saturated heterocycles. The summed E-state index contributed by atoms with van der Waals surface area (Å²) < 4.78 is 17.4. The van der Waals surface area contributed by atoms with Crippen LogP contribution in [0, 0.1) is 0 Å². The molecule has 0 atom stereocenters. The first-order chi connectivity index (χ1) is 14.2. The molecule has 2 heterocycles. The number of hydrogen-bond donors (Lipinski definition) is 1. The van der Waals surface area contributed by atoms with Crippen molar-refractivity contribution in [2.45, 2.75) is 13.3 Å². The molecule has 0 aliphatic rings. The highest BCUT2D eigenvalue weighted by molar-refractivity contribution is 7.22. The van der Waals surface area contributed by atoms with Gasteiger partial charge in [-0.1, -0.05) is 18.3 Å². The first kappa shape index (κ1) is 19.5. The summed E-state index contributed by atoms with van der Waals surface area (Å²) >= 11 is 3.09. The molecule has 29 heavy (non-hydrogen) atoms. The van der Waals surface area contributed by atoms with Crippen LogP contribution in [0.25, 0.3) is 21.5 Å². The molecule has 0 bridgehead atoms. The van der Waals surface area contributed by atoms with Gasteiger partial charge in [-0.25, -0.2) is 9.97 Å². The molecule has 2 aromatic heterocycles. The number of thiazole rings is 2. The monoisotopic (exact) mass is 427 g/mol. The van der Waals surface area contributed by atoms with Gasteiger partial charge < -0.3 is 19.5 Å². The summed E-state index contributed by atoms with van der Waals surface area (Å²) in [6.45, 7) is 2.82. The van der Waals surface area contributed by atoms with Crippen LogP contribution in [0.15, 0.2) is 41.8 Å². The van der Waals surface area contributed by atoms with Gasteiger partial charge in [0.1, 0.15) is 5.75 Å². The van der Waals surface area contributed by atoms with Crippen LogP contribution < -0.4 is 19.5 Å². The Hall–Kier alpha value is -2.84. The number of rotatable bonds is 8. The van der Waals surface area contributed by atoms with Crippen LogP contribution in [-0.4, -0.2) is 30.8 Å². The highest BCUT2D eigenvalue weighted by Gasteiger charge is 2.12. The van der Waals surface area contributed by atoms with Crippen molar-refractivity contribution in [1.82, 2.24) is 9.97 Å². The molecule has 2 aromatic carbocycles. The Labute approximate surface area is 177 Å². The number of ether oxygens (including phenoxy) is 3. The van der Waals surface area contributed by atoms with E-state index in [2.05, 4.69) is 22.2 Å². The minimum Gasteiger partial charge on any atom is -0.494 e. The Morgan fingerprint density at radius 2 is 1.72 bits per heavy atom. The predicted octanol–water partition coefficient (Wildman–Crippen LogP) is 5.97. The lowest BCUT2D eigenvalue weighted by atomic mass is 10.2. The van der Waals surface area contributed by atoms with Crippen LogP contribution in [-0.2, 0) is 0 Å². The molecular formula is C21H21N3O3S2. The average Bonchev–Trinajstić information content (AvgIpc) is 3.37. The maximum atomic E-state index is 5.64. The summed E-state index contributed by atoms with van der Waals surface area (Å²) in [7, 11) is 3.25. The van der Waals surface area contributed by atoms with E-state index in [1.165, 1.54) is 0 Å². The first-order valence-corrected chi connectivity index (χ1v) is 10.9. The van der Waals surface area contributed by atoms with Crippen molar-refractivity contribution in [3.63, 3.8) is 0 Å². The summed E-state index contributed by atoms with van der Waals surface area (Å²) in [6, 6.07) is 11.8. The number of hydrogen-bond acceptors (Lipinski definition) is 8. The van der Waals surface area contributed by atoms with E-state index >= 15 is 0 Å². The standard InChI is InChI=1S/C21H21N3O3S2/c1-4-9-27-14-7-5-13(6-8-14)16-12-28-20(23-16)24-21-22-15-10-17(25-2)18(26-3)11-19(15)29-21/h5-8,10-12H,4,9H2,1-3H3,(H,22,23,24). The second-order valence-corrected chi connectivity index (χ2v) is 8.12. The smallest absolute Gasteiger partial charge is 0.190 e. The molecule has 8 heteroatoms. The first-order valence-electron chi connectivity index (χ1n) is 9.18. The zero-order valence-electron chi connectivity index (χ0n) is 16.4. The molecule has 0 fully saturated rings. The number of benzene rings is 2. The lowest BCUT2D eigenvalue weighted by Crippen LogP contribution is -1.94. The van der Waals surface area contributed by atoms with Gasteiger partial charge in [0.2, 0.25) is 0 Å². The number of nitrogens with one attached hydrogen (secondary N) is 1. The SMILES string of the molecule is CCCOc1ccc(-c2csc(Nc3nc4cc(OC)c(OC)cc4s3)n2)cc1. The maximum absolute atomic E-state index is 5.64. The Morgan fingerprint density at radius 1 is 0.966 bits per heavy atom. The summed E-state index contributed by atoms with van der Waals surface area (Å²) in [5.74, 6) is 2.24. The van der Waals surface area contributed by atoms with E-state index < -0.39 is 0 Å². The zero-order chi connectivity index (χ0) is 20.2. The molecule has 1 N–H and O–H groups in total. The van der Waals surface area contributed by atoms with Crippen LogP contribution >= 0.6 is 22.7 Å². The molecule has 0 unspecified atom stereocenters. The fourth-order valence-electron chi connectivity index (χ4n) is 2.81. The van der Waals surface area contributed by atoms with Gasteiger partial charge in [0.25, 0.3) is 0 Å². The number of anilines is 2. The Morgan fingerprint density at radius 3 is 2.45 bits per heavy atom. The molecule has 150 valence electrons. The Bertz CT molecular complexity index is 1070. The number of methoxy groups -OCH3 is 2. The summed E-state index contributed by atoms with van der Waals surface area (Å²) in [5.41, 5.74) is 2.83. The van der Waals surface area contributed by atoms with Crippen molar-refractivity contribution < 1.29 is 14.2 Å². The normalized spacial score (nSPS) is 10.9. The van der Waals surface area contributed by atoms with Crippen molar-refractivity contribution in [3.8, 4) is 28.5 Å². The fourth-order valence-corrected chi connectivity index (χ4v) is 4.46. The second kappa shape index (κ2) is 8.67. The van der Waals surface area contributed by atoms with E-state index in [1.807, 2.05) is 41.8 Å². The van der Waals surface area contributed by atoms with E-state index in [0.29, 0.717) is 11.5 Å². The molecule has 0 radical (unpaired) electrons. The minimum absolute atomic E-state index is 0.666. The van der Waals surface area contributed by atoms with Gasteiger partial charge in [0.05, 0.1) is 36.7 Å². The molecule has 4 rings (SSSR count). The number of nitrogens with zero attached hydrogens (tertiary/aromatic N) is 2. The average molecular weight is 428 g/mol. The third-order valence-corrected chi connectivity index (χ3v) is 5.93. The minimum atomic E-state index is 0.666. The predicted molar refractivity (Wildman–Crippen MR) is 119 cm³/mol. The molecule has 0 amide bonds. The van der Waals surface area contributed by atoms with Gasteiger partial charge in [-0.15, -0.1) is 11.3 Å². The lowest BCUT2D eigenvalue weighted by Gasteiger charge is -2.05. The highest BCUT2D eigenvalue weighted by atomic mass is 32.1. The van der Waals surface area contributed by atoms with Crippen LogP contribution in [0.1, 0.15) is 13.3 Å². The van der Waals surface area contributed by atoms with Crippen LogP contribution in [0.3, 0.4) is 0 Å². The van der Waals surface area contributed by atoms with E-state index in [-0.39, 0.29) is 0 Å². The van der Waals surface area contributed by atoms with Crippen molar-refractivity contribution in [3.05, 3.63) is 41.8 Å². The molecule has 0 aliphatic carbocycles. The third kappa shape index (κ3) is 4.28. The number of fused-ring (bicyclic) bond motifs is 1. The van der Waals surface area contributed by atoms with Crippen LogP contribution in [0.2, 0.25) is 0 Å². The van der Waals surface area contributed by atoms with Crippen LogP contribution in [0.5, 0.6) is 17.2 Å². The van der Waals surface area contributed by atoms with E-state index in [9.17, 15) is 0 Å². The Kier molecular flexibility index (Phi) is 5.82. The van der Waals surface area contributed by atoms with Gasteiger partial charge in [-0.05, 0) is 30.7 Å². The van der Waals surface area contributed by atoms with Crippen molar-refractivity contribution in [2.75, 3.05) is 26.1 Å². The topological polar surface area (TPSA) is 65.5 Å². The molecule has 0 spiro atoms. The van der Waals surface area contributed by atoms with Gasteiger partial charge in [0.15, 0.2) is 21.8 Å². The van der Waals surface area contributed by atoms with Crippen molar-refractivity contribution in [2.24, 2.45) is 0 Å². The summed E-state index contributed by atoms with van der Waals surface area (Å²) in [5, 5.41) is 6.91. The quantitative estimate of drug-likeness (QED) is 0.374. The molecule has 4 aromatic rings. The Balaban J connectivity index is 1.51. The van der Waals surface area contributed by atoms with Crippen LogP contribution in [0.4, 0.5) is 10.3 Å². The molecule has 6 nitrogen and oxygen atoms in total. The highest BCUT2D eigenvalue weighted by Crippen LogP contribution is 2.37. The molecular weight excluding hydrogens is 406 g/mol. The zero-order valence-corrected chi connectivity index (χ0v) is 18.0. The molecule has 0 saturated carbocycles. The molecule has 0 aliphatic heterocycles. The summed E-state index contributed by atoms with van der Waals surface area (Å²) in [6.07, 6.45) is 0.994. The van der Waals surface area contributed by atoms with E-state index in [4.69, 9.17) is 14.2 Å². The van der Waals surface area contributed by atoms with Gasteiger partial charge in [-0.3, -0.25) is 0 Å². The van der Waals surface area contributed by atoms with Crippen molar-refractivity contribution in [1.29, 1.82) is 0 Å². The maximum Gasteiger partial charge on any atom is 0.190 e. The number of aromatic nitrogens is 2. The fraction of sp³-hybridized carbons (Fsp3) is 0.238. The van der Waals surface area contributed by atoms with E-state index in [0.717, 1.165) is 50.5 Å². The third-order valence-electron chi connectivity index (χ3n) is 4.23. The summed E-state index contributed by atoms with van der Waals surface area (Å²) in [4.78, 5) is 9.33.